The highest BCUT2D eigenvalue weighted by Gasteiger charge is 2.59. The molecule has 27 heavy (non-hydrogen) atoms. The van der Waals surface area contributed by atoms with Crippen LogP contribution in [0, 0.1) is 5.92 Å². The molecule has 0 radical (unpaired) electrons. The van der Waals surface area contributed by atoms with Crippen molar-refractivity contribution in [1.82, 2.24) is 0 Å². The van der Waals surface area contributed by atoms with Crippen molar-refractivity contribution < 1.29 is 33.7 Å². The average Bonchev–Trinajstić information content (AvgIpc) is 3.15. The maximum Gasteiger partial charge on any atom is 0.334 e. The van der Waals surface area contributed by atoms with E-state index in [-0.39, 0.29) is 29.5 Å². The molecule has 0 bridgehead atoms. The van der Waals surface area contributed by atoms with Gasteiger partial charge in [-0.3, -0.25) is 4.79 Å². The number of rotatable bonds is 2. The molecule has 3 aliphatic rings. The molecule has 2 heterocycles. The first-order valence-corrected chi connectivity index (χ1v) is 8.90. The Morgan fingerprint density at radius 3 is 2.63 bits per heavy atom. The van der Waals surface area contributed by atoms with Crippen LogP contribution in [-0.2, 0) is 28.6 Å². The minimum atomic E-state index is -1.39. The standard InChI is InChI=1S/C20H24O7/c1-6-9(2)18(23)26-17-10(3)12(21)7-14-20(5,27-14)8-13-15(16(17)22)11(4)19(24)25-13/h6,13-17,22H,3-4,7-8H2,1-2,5H3/b9-6-/t13-,14-,15-,16-,17+,20+/m0/s1. The van der Waals surface area contributed by atoms with Gasteiger partial charge >= 0.3 is 11.9 Å². The van der Waals surface area contributed by atoms with Crippen molar-refractivity contribution in [2.45, 2.75) is 63.6 Å². The SMILES string of the molecule is C=C1C(=O)O[C@H]2C[C@@]3(C)O[C@H]3CC(=O)C(=C)[C@@H](OC(=O)/C(C)=C\C)[C@@H](O)[C@@H]12. The Labute approximate surface area is 157 Å². The van der Waals surface area contributed by atoms with E-state index in [1.807, 2.05) is 6.92 Å². The van der Waals surface area contributed by atoms with Gasteiger partial charge in [0, 0.05) is 29.6 Å². The molecule has 3 fully saturated rings. The molecule has 1 aliphatic carbocycles. The molecular formula is C20H24O7. The van der Waals surface area contributed by atoms with Crippen LogP contribution in [-0.4, -0.2) is 52.8 Å². The van der Waals surface area contributed by atoms with Crippen LogP contribution in [0.5, 0.6) is 0 Å². The molecule has 1 N–H and O–H groups in total. The number of Topliss-reactive ketones (excluding diaryl/α,β-unsaturated/α-hetero) is 1. The van der Waals surface area contributed by atoms with Gasteiger partial charge in [-0.2, -0.15) is 0 Å². The number of aliphatic hydroxyl groups is 1. The van der Waals surface area contributed by atoms with Crippen LogP contribution in [0.4, 0.5) is 0 Å². The summed E-state index contributed by atoms with van der Waals surface area (Å²) in [6.45, 7) is 12.6. The first-order valence-electron chi connectivity index (χ1n) is 8.90. The third kappa shape index (κ3) is 3.37. The Hall–Kier alpha value is -2.25. The number of ketones is 1. The van der Waals surface area contributed by atoms with Gasteiger partial charge in [-0.1, -0.05) is 19.2 Å². The third-order valence-corrected chi connectivity index (χ3v) is 5.70. The number of hydrogen-bond acceptors (Lipinski definition) is 7. The number of epoxide rings is 1. The quantitative estimate of drug-likeness (QED) is 0.441. The number of hydrogen-bond donors (Lipinski definition) is 1. The molecule has 146 valence electrons. The molecule has 3 rings (SSSR count). The van der Waals surface area contributed by atoms with Gasteiger partial charge in [0.1, 0.15) is 12.2 Å². The lowest BCUT2D eigenvalue weighted by molar-refractivity contribution is -0.152. The maximum absolute atomic E-state index is 12.6. The van der Waals surface area contributed by atoms with Crippen molar-refractivity contribution in [1.29, 1.82) is 0 Å². The lowest BCUT2D eigenvalue weighted by atomic mass is 9.79. The number of carbonyl (C=O) groups is 3. The average molecular weight is 376 g/mol. The second-order valence-corrected chi connectivity index (χ2v) is 7.56. The van der Waals surface area contributed by atoms with Gasteiger partial charge in [0.15, 0.2) is 11.9 Å². The van der Waals surface area contributed by atoms with Gasteiger partial charge in [0.25, 0.3) is 0 Å². The fourth-order valence-corrected chi connectivity index (χ4v) is 3.69. The zero-order valence-corrected chi connectivity index (χ0v) is 15.7. The molecule has 1 saturated carbocycles. The number of esters is 2. The topological polar surface area (TPSA) is 102 Å². The lowest BCUT2D eigenvalue weighted by Crippen LogP contribution is -2.45. The van der Waals surface area contributed by atoms with E-state index in [0.29, 0.717) is 12.0 Å². The molecule has 0 aromatic rings. The molecule has 0 amide bonds. The molecule has 7 heteroatoms. The first kappa shape index (κ1) is 19.5. The van der Waals surface area contributed by atoms with E-state index in [4.69, 9.17) is 14.2 Å². The molecule has 6 atom stereocenters. The Morgan fingerprint density at radius 1 is 1.33 bits per heavy atom. The summed E-state index contributed by atoms with van der Waals surface area (Å²) >= 11 is 0. The second kappa shape index (κ2) is 6.73. The Morgan fingerprint density at radius 2 is 2.00 bits per heavy atom. The van der Waals surface area contributed by atoms with Gasteiger partial charge in [-0.15, -0.1) is 0 Å². The molecule has 7 nitrogen and oxygen atoms in total. The minimum Gasteiger partial charge on any atom is -0.458 e. The summed E-state index contributed by atoms with van der Waals surface area (Å²) in [5.74, 6) is -2.47. The second-order valence-electron chi connectivity index (χ2n) is 7.56. The molecular weight excluding hydrogens is 352 g/mol. The number of ether oxygens (including phenoxy) is 3. The Bertz CT molecular complexity index is 764. The van der Waals surface area contributed by atoms with Gasteiger partial charge in [-0.05, 0) is 20.8 Å². The molecule has 0 spiro atoms. The third-order valence-electron chi connectivity index (χ3n) is 5.70. The van der Waals surface area contributed by atoms with Crippen molar-refractivity contribution in [3.8, 4) is 0 Å². The van der Waals surface area contributed by atoms with Crippen molar-refractivity contribution in [3.63, 3.8) is 0 Å². The van der Waals surface area contributed by atoms with E-state index < -0.39 is 41.8 Å². The van der Waals surface area contributed by atoms with Crippen LogP contribution in [0.2, 0.25) is 0 Å². The fourth-order valence-electron chi connectivity index (χ4n) is 3.69. The highest BCUT2D eigenvalue weighted by atomic mass is 16.6. The van der Waals surface area contributed by atoms with Crippen molar-refractivity contribution in [2.24, 2.45) is 5.92 Å². The van der Waals surface area contributed by atoms with E-state index in [1.54, 1.807) is 19.9 Å². The molecule has 0 unspecified atom stereocenters. The number of fused-ring (bicyclic) bond motifs is 2. The monoisotopic (exact) mass is 376 g/mol. The summed E-state index contributed by atoms with van der Waals surface area (Å²) in [7, 11) is 0. The van der Waals surface area contributed by atoms with Crippen molar-refractivity contribution >= 4 is 17.7 Å². The number of aliphatic hydroxyl groups excluding tert-OH is 1. The zero-order chi connectivity index (χ0) is 20.1. The first-order chi connectivity index (χ1) is 12.6. The number of carbonyl (C=O) groups excluding carboxylic acids is 3. The predicted octanol–water partition coefficient (Wildman–Crippen LogP) is 1.40. The van der Waals surface area contributed by atoms with Gasteiger partial charge in [-0.25, -0.2) is 9.59 Å². The number of allylic oxidation sites excluding steroid dienone is 1. The molecule has 0 aromatic carbocycles. The summed E-state index contributed by atoms with van der Waals surface area (Å²) in [6, 6.07) is 0. The normalized spacial score (nSPS) is 39.4. The van der Waals surface area contributed by atoms with Gasteiger partial charge in [0.2, 0.25) is 0 Å². The highest BCUT2D eigenvalue weighted by Crippen LogP contribution is 2.48. The van der Waals surface area contributed by atoms with Crippen LogP contribution >= 0.6 is 0 Å². The van der Waals surface area contributed by atoms with Crippen LogP contribution in [0.3, 0.4) is 0 Å². The summed E-state index contributed by atoms with van der Waals surface area (Å²) in [4.78, 5) is 36.9. The minimum absolute atomic E-state index is 0.0367. The molecule has 0 aromatic heterocycles. The Kier molecular flexibility index (Phi) is 4.86. The van der Waals surface area contributed by atoms with Crippen molar-refractivity contribution in [2.75, 3.05) is 0 Å². The van der Waals surface area contributed by atoms with Crippen LogP contribution in [0.25, 0.3) is 0 Å². The summed E-state index contributed by atoms with van der Waals surface area (Å²) < 4.78 is 16.5. The summed E-state index contributed by atoms with van der Waals surface area (Å²) in [5.41, 5.74) is -0.246. The van der Waals surface area contributed by atoms with E-state index >= 15 is 0 Å². The van der Waals surface area contributed by atoms with Crippen LogP contribution in [0.1, 0.15) is 33.6 Å². The zero-order valence-electron chi connectivity index (χ0n) is 15.7. The highest BCUT2D eigenvalue weighted by molar-refractivity contribution is 5.98. The Balaban J connectivity index is 1.97. The van der Waals surface area contributed by atoms with E-state index in [2.05, 4.69) is 13.2 Å². The van der Waals surface area contributed by atoms with E-state index in [1.165, 1.54) is 0 Å². The van der Waals surface area contributed by atoms with Gasteiger partial charge in [0.05, 0.1) is 17.6 Å². The maximum atomic E-state index is 12.6. The van der Waals surface area contributed by atoms with Crippen LogP contribution < -0.4 is 0 Å². The summed E-state index contributed by atoms with van der Waals surface area (Å²) in [5, 5.41) is 11.0. The fraction of sp³-hybridized carbons (Fsp3) is 0.550. The lowest BCUT2D eigenvalue weighted by Gasteiger charge is -2.31. The summed E-state index contributed by atoms with van der Waals surface area (Å²) in [6.07, 6.45) is -1.77. The van der Waals surface area contributed by atoms with E-state index in [9.17, 15) is 19.5 Å². The predicted molar refractivity (Wildman–Crippen MR) is 94.5 cm³/mol. The van der Waals surface area contributed by atoms with E-state index in [0.717, 1.165) is 0 Å². The smallest absolute Gasteiger partial charge is 0.334 e. The van der Waals surface area contributed by atoms with Crippen molar-refractivity contribution in [3.05, 3.63) is 36.0 Å². The largest absolute Gasteiger partial charge is 0.458 e. The molecule has 2 saturated heterocycles. The van der Waals surface area contributed by atoms with Gasteiger partial charge < -0.3 is 19.3 Å². The van der Waals surface area contributed by atoms with Crippen LogP contribution in [0.15, 0.2) is 36.0 Å². The molecule has 2 aliphatic heterocycles.